The predicted octanol–water partition coefficient (Wildman–Crippen LogP) is 2.44. The molecule has 0 heterocycles. The summed E-state index contributed by atoms with van der Waals surface area (Å²) in [6.07, 6.45) is 0. The van der Waals surface area contributed by atoms with Crippen LogP contribution in [0.1, 0.15) is 5.56 Å². The van der Waals surface area contributed by atoms with E-state index in [1.54, 1.807) is 26.3 Å². The molecule has 0 bridgehead atoms. The highest BCUT2D eigenvalue weighted by atomic mass is 16.5. The van der Waals surface area contributed by atoms with Crippen molar-refractivity contribution in [2.45, 2.75) is 0 Å². The molecule has 5 nitrogen and oxygen atoms in total. The Morgan fingerprint density at radius 2 is 1.86 bits per heavy atom. The fourth-order valence-electron chi connectivity index (χ4n) is 2.18. The van der Waals surface area contributed by atoms with Gasteiger partial charge in [0.1, 0.15) is 17.3 Å². The molecule has 0 saturated heterocycles. The Balaban J connectivity index is 2.65. The summed E-state index contributed by atoms with van der Waals surface area (Å²) >= 11 is 0. The van der Waals surface area contributed by atoms with Crippen LogP contribution in [-0.4, -0.2) is 32.1 Å². The first-order valence-corrected chi connectivity index (χ1v) is 6.52. The van der Waals surface area contributed by atoms with E-state index in [1.807, 2.05) is 31.3 Å². The Labute approximate surface area is 124 Å². The van der Waals surface area contributed by atoms with Gasteiger partial charge in [0.05, 0.1) is 12.8 Å². The van der Waals surface area contributed by atoms with E-state index in [4.69, 9.17) is 10.5 Å². The topological polar surface area (TPSA) is 79.9 Å². The van der Waals surface area contributed by atoms with E-state index < -0.39 is 0 Å². The van der Waals surface area contributed by atoms with Crippen LogP contribution in [0.25, 0.3) is 11.1 Å². The number of hydrogen-bond donors (Lipinski definition) is 3. The maximum Gasteiger partial charge on any atom is 0.143 e. The van der Waals surface area contributed by atoms with Crippen molar-refractivity contribution in [1.82, 2.24) is 0 Å². The Hall–Kier alpha value is -2.69. The lowest BCUT2D eigenvalue weighted by atomic mass is 10.00. The summed E-state index contributed by atoms with van der Waals surface area (Å²) in [6.45, 7) is 0. The van der Waals surface area contributed by atoms with E-state index in [-0.39, 0.29) is 5.75 Å². The van der Waals surface area contributed by atoms with Crippen molar-refractivity contribution < 1.29 is 9.84 Å². The summed E-state index contributed by atoms with van der Waals surface area (Å²) in [4.78, 5) is 4.05. The number of aliphatic imine (C=N–C) groups is 1. The fourth-order valence-corrected chi connectivity index (χ4v) is 2.18. The van der Waals surface area contributed by atoms with E-state index in [0.29, 0.717) is 11.6 Å². The highest BCUT2D eigenvalue weighted by Crippen LogP contribution is 2.34. The monoisotopic (exact) mass is 285 g/mol. The lowest BCUT2D eigenvalue weighted by molar-refractivity contribution is 0.417. The molecule has 21 heavy (non-hydrogen) atoms. The Kier molecular flexibility index (Phi) is 4.33. The lowest BCUT2D eigenvalue weighted by Gasteiger charge is -2.16. The molecule has 4 N–H and O–H groups in total. The minimum atomic E-state index is 0.229. The third-order valence-corrected chi connectivity index (χ3v) is 3.29. The molecular formula is C16H19N3O2. The Bertz CT molecular complexity index is 664. The summed E-state index contributed by atoms with van der Waals surface area (Å²) < 4.78 is 5.43. The highest BCUT2D eigenvalue weighted by Gasteiger charge is 2.14. The molecule has 0 unspecified atom stereocenters. The molecule has 2 rings (SSSR count). The van der Waals surface area contributed by atoms with Crippen molar-refractivity contribution in [1.29, 1.82) is 0 Å². The molecule has 0 fully saturated rings. The minimum Gasteiger partial charge on any atom is -0.508 e. The fraction of sp³-hybridized carbons (Fsp3) is 0.188. The molecule has 2 aromatic carbocycles. The van der Waals surface area contributed by atoms with Crippen LogP contribution in [0, 0.1) is 0 Å². The van der Waals surface area contributed by atoms with E-state index in [0.717, 1.165) is 22.4 Å². The Morgan fingerprint density at radius 1 is 1.19 bits per heavy atom. The number of ether oxygens (including phenoxy) is 1. The van der Waals surface area contributed by atoms with Gasteiger partial charge in [0, 0.05) is 19.7 Å². The molecule has 0 atom stereocenters. The van der Waals surface area contributed by atoms with Gasteiger partial charge in [0.15, 0.2) is 0 Å². The van der Waals surface area contributed by atoms with Crippen LogP contribution in [0.2, 0.25) is 0 Å². The molecule has 0 amide bonds. The van der Waals surface area contributed by atoms with Gasteiger partial charge in [0.25, 0.3) is 0 Å². The molecule has 0 saturated carbocycles. The first-order chi connectivity index (χ1) is 10.1. The lowest BCUT2D eigenvalue weighted by Crippen LogP contribution is -2.16. The number of nitrogens with two attached hydrogens (primary N) is 1. The average molecular weight is 285 g/mol. The Morgan fingerprint density at radius 3 is 2.38 bits per heavy atom. The smallest absolute Gasteiger partial charge is 0.143 e. The average Bonchev–Trinajstić information content (AvgIpc) is 2.53. The van der Waals surface area contributed by atoms with Gasteiger partial charge in [-0.25, -0.2) is 0 Å². The number of methoxy groups -OCH3 is 1. The second kappa shape index (κ2) is 6.17. The summed E-state index contributed by atoms with van der Waals surface area (Å²) in [5, 5.41) is 12.5. The number of hydrogen-bond acceptors (Lipinski definition) is 4. The van der Waals surface area contributed by atoms with Gasteiger partial charge in [0.2, 0.25) is 0 Å². The van der Waals surface area contributed by atoms with Gasteiger partial charge in [-0.1, -0.05) is 12.1 Å². The van der Waals surface area contributed by atoms with Crippen LogP contribution >= 0.6 is 0 Å². The summed E-state index contributed by atoms with van der Waals surface area (Å²) in [6, 6.07) is 10.8. The van der Waals surface area contributed by atoms with Crippen LogP contribution < -0.4 is 15.8 Å². The van der Waals surface area contributed by atoms with Gasteiger partial charge in [-0.3, -0.25) is 4.99 Å². The van der Waals surface area contributed by atoms with Crippen molar-refractivity contribution in [2.75, 3.05) is 26.5 Å². The first-order valence-electron chi connectivity index (χ1n) is 6.52. The van der Waals surface area contributed by atoms with Crippen LogP contribution in [0.4, 0.5) is 5.69 Å². The van der Waals surface area contributed by atoms with E-state index in [2.05, 4.69) is 10.3 Å². The van der Waals surface area contributed by atoms with Crippen LogP contribution in [0.15, 0.2) is 41.4 Å². The van der Waals surface area contributed by atoms with Crippen molar-refractivity contribution in [3.05, 3.63) is 42.0 Å². The number of aromatic hydroxyl groups is 1. The SMILES string of the molecule is CN=C(N)c1cc(-c2ccc(O)cc2)cc(OC)c1NC. The quantitative estimate of drug-likeness (QED) is 0.595. The zero-order chi connectivity index (χ0) is 15.4. The van der Waals surface area contributed by atoms with E-state index >= 15 is 0 Å². The van der Waals surface area contributed by atoms with Gasteiger partial charge in [-0.15, -0.1) is 0 Å². The van der Waals surface area contributed by atoms with Crippen LogP contribution in [0.3, 0.4) is 0 Å². The van der Waals surface area contributed by atoms with Gasteiger partial charge >= 0.3 is 0 Å². The number of benzene rings is 2. The zero-order valence-electron chi connectivity index (χ0n) is 12.3. The molecule has 0 spiro atoms. The van der Waals surface area contributed by atoms with Gasteiger partial charge < -0.3 is 20.9 Å². The van der Waals surface area contributed by atoms with Gasteiger partial charge in [-0.2, -0.15) is 0 Å². The van der Waals surface area contributed by atoms with Crippen molar-refractivity contribution in [2.24, 2.45) is 10.7 Å². The number of phenolic OH excluding ortho intramolecular Hbond substituents is 1. The second-order valence-corrected chi connectivity index (χ2v) is 4.51. The maximum atomic E-state index is 9.39. The first kappa shape index (κ1) is 14.7. The van der Waals surface area contributed by atoms with Crippen molar-refractivity contribution >= 4 is 11.5 Å². The molecule has 0 aliphatic carbocycles. The molecule has 5 heteroatoms. The summed E-state index contributed by atoms with van der Waals surface area (Å²) in [5.74, 6) is 1.34. The molecule has 0 aliphatic rings. The molecule has 0 aromatic heterocycles. The maximum absolute atomic E-state index is 9.39. The standard InChI is InChI=1S/C16H19N3O2/c1-18-15-13(16(17)19-2)8-11(9-14(15)21-3)10-4-6-12(20)7-5-10/h4-9,18,20H,1-3H3,(H2,17,19). The van der Waals surface area contributed by atoms with E-state index in [9.17, 15) is 5.11 Å². The molecule has 2 aromatic rings. The summed E-state index contributed by atoms with van der Waals surface area (Å²) in [5.41, 5.74) is 9.45. The second-order valence-electron chi connectivity index (χ2n) is 4.51. The number of rotatable bonds is 4. The van der Waals surface area contributed by atoms with E-state index in [1.165, 1.54) is 0 Å². The summed E-state index contributed by atoms with van der Waals surface area (Å²) in [7, 11) is 5.07. The van der Waals surface area contributed by atoms with Crippen molar-refractivity contribution in [3.63, 3.8) is 0 Å². The van der Waals surface area contributed by atoms with Crippen molar-refractivity contribution in [3.8, 4) is 22.6 Å². The van der Waals surface area contributed by atoms with Crippen LogP contribution in [0.5, 0.6) is 11.5 Å². The molecule has 0 radical (unpaired) electrons. The normalized spacial score (nSPS) is 11.3. The molecular weight excluding hydrogens is 266 g/mol. The number of nitrogens with one attached hydrogen (secondary N) is 1. The number of anilines is 1. The number of nitrogens with zero attached hydrogens (tertiary/aromatic N) is 1. The third-order valence-electron chi connectivity index (χ3n) is 3.29. The molecule has 110 valence electrons. The highest BCUT2D eigenvalue weighted by molar-refractivity contribution is 6.04. The largest absolute Gasteiger partial charge is 0.508 e. The van der Waals surface area contributed by atoms with Crippen LogP contribution in [-0.2, 0) is 0 Å². The molecule has 0 aliphatic heterocycles. The zero-order valence-corrected chi connectivity index (χ0v) is 12.3. The predicted molar refractivity (Wildman–Crippen MR) is 86.3 cm³/mol. The number of phenols is 1. The third kappa shape index (κ3) is 2.91. The minimum absolute atomic E-state index is 0.229. The number of amidine groups is 1. The van der Waals surface area contributed by atoms with Gasteiger partial charge in [-0.05, 0) is 35.4 Å².